The van der Waals surface area contributed by atoms with Crippen LogP contribution in [0, 0.1) is 0 Å². The summed E-state index contributed by atoms with van der Waals surface area (Å²) >= 11 is 0. The predicted octanol–water partition coefficient (Wildman–Crippen LogP) is 5.14. The number of allylic oxidation sites excluding steroid dienone is 3. The molecular formula is C27H31BF2N4O2. The average Bonchev–Trinajstić information content (AvgIpc) is 3.66. The Hall–Kier alpha value is -3.75. The number of aromatic amines is 3. The molecule has 0 atom stereocenters. The molecular weight excluding hydrogens is 461 g/mol. The van der Waals surface area contributed by atoms with Gasteiger partial charge >= 0.3 is 7.11 Å². The summed E-state index contributed by atoms with van der Waals surface area (Å²) in [6.45, 7) is 8.17. The monoisotopic (exact) mass is 492 g/mol. The van der Waals surface area contributed by atoms with Gasteiger partial charge in [0, 0.05) is 29.6 Å². The van der Waals surface area contributed by atoms with Crippen molar-refractivity contribution in [3.8, 4) is 11.4 Å². The zero-order valence-corrected chi connectivity index (χ0v) is 21.0. The Morgan fingerprint density at radius 3 is 2.03 bits per heavy atom. The van der Waals surface area contributed by atoms with Crippen LogP contribution in [0.15, 0.2) is 65.3 Å². The Balaban J connectivity index is 1.70. The summed E-state index contributed by atoms with van der Waals surface area (Å²) in [4.78, 5) is 13.2. The number of halogens is 2. The predicted molar refractivity (Wildman–Crippen MR) is 138 cm³/mol. The molecule has 3 aromatic heterocycles. The highest BCUT2D eigenvalue weighted by Crippen LogP contribution is 2.39. The molecule has 36 heavy (non-hydrogen) atoms. The van der Waals surface area contributed by atoms with Crippen molar-refractivity contribution in [2.75, 3.05) is 0 Å². The van der Waals surface area contributed by atoms with Crippen LogP contribution in [0.3, 0.4) is 0 Å². The molecule has 4 N–H and O–H groups in total. The van der Waals surface area contributed by atoms with Gasteiger partial charge in [-0.2, -0.15) is 4.99 Å². The first-order valence-corrected chi connectivity index (χ1v) is 12.6. The van der Waals surface area contributed by atoms with E-state index in [-0.39, 0.29) is 11.5 Å². The van der Waals surface area contributed by atoms with E-state index >= 15 is 0 Å². The van der Waals surface area contributed by atoms with E-state index in [4.69, 9.17) is 9.31 Å². The average molecular weight is 492 g/mol. The van der Waals surface area contributed by atoms with Crippen LogP contribution >= 0.6 is 0 Å². The Morgan fingerprint density at radius 1 is 0.806 bits per heavy atom. The highest BCUT2D eigenvalue weighted by molar-refractivity contribution is 6.53. The Kier molecular flexibility index (Phi) is 6.24. The van der Waals surface area contributed by atoms with Crippen molar-refractivity contribution >= 4 is 18.6 Å². The second-order valence-electron chi connectivity index (χ2n) is 8.89. The molecule has 0 saturated heterocycles. The van der Waals surface area contributed by atoms with Gasteiger partial charge in [-0.05, 0) is 61.1 Å². The molecule has 2 aliphatic heterocycles. The normalized spacial score (nSPS) is 19.3. The largest absolute Gasteiger partial charge is 0.726 e. The van der Waals surface area contributed by atoms with Gasteiger partial charge in [-0.3, -0.25) is 0 Å². The number of rotatable bonds is 7. The summed E-state index contributed by atoms with van der Waals surface area (Å²) < 4.78 is 40.3. The molecule has 0 unspecified atom stereocenters. The molecule has 9 heteroatoms. The van der Waals surface area contributed by atoms with Crippen LogP contribution in [0.25, 0.3) is 17.1 Å². The minimum atomic E-state index is -4.57. The van der Waals surface area contributed by atoms with Crippen molar-refractivity contribution in [1.82, 2.24) is 15.0 Å². The summed E-state index contributed by atoms with van der Waals surface area (Å²) in [6, 6.07) is 7.76. The quantitative estimate of drug-likeness (QED) is 0.345. The molecule has 188 valence electrons. The van der Waals surface area contributed by atoms with Gasteiger partial charge in [0.25, 0.3) is 0 Å². The van der Waals surface area contributed by atoms with E-state index in [1.807, 2.05) is 50.5 Å². The fourth-order valence-corrected chi connectivity index (χ4v) is 5.34. The zero-order chi connectivity index (χ0) is 25.4. The van der Waals surface area contributed by atoms with Gasteiger partial charge in [0.15, 0.2) is 5.76 Å². The first-order valence-electron chi connectivity index (χ1n) is 12.6. The number of nitrogens with one attached hydrogen (secondary N) is 4. The molecule has 0 bridgehead atoms. The molecule has 6 nitrogen and oxygen atoms in total. The molecule has 0 fully saturated rings. The lowest BCUT2D eigenvalue weighted by molar-refractivity contribution is -0.390. The van der Waals surface area contributed by atoms with Crippen molar-refractivity contribution in [2.24, 2.45) is 0 Å². The molecule has 0 aliphatic carbocycles. The Labute approximate surface area is 209 Å². The Bertz CT molecular complexity index is 1390. The molecule has 0 amide bonds. The van der Waals surface area contributed by atoms with Gasteiger partial charge in [0.1, 0.15) is 11.5 Å². The SMILES string of the molecule is CCC1=C(CC)/C(=C2/C=C(c3[nH]c(-c4ccc[nH]4)c(CC)c3CC)O[B-](F)(F)O2)[NH+]=C1c1ccc[nH]1. The summed E-state index contributed by atoms with van der Waals surface area (Å²) in [5, 5.41) is 0. The molecule has 0 saturated carbocycles. The van der Waals surface area contributed by atoms with E-state index in [0.29, 0.717) is 24.2 Å². The van der Waals surface area contributed by atoms with Crippen molar-refractivity contribution < 1.29 is 22.9 Å². The first kappa shape index (κ1) is 24.0. The lowest BCUT2D eigenvalue weighted by Crippen LogP contribution is -2.69. The maximum atomic E-state index is 15.0. The van der Waals surface area contributed by atoms with Gasteiger partial charge in [-0.15, -0.1) is 0 Å². The standard InChI is InChI=1S/C27H30BF2N4O2/c1-5-16-18(7-3)26(33-24(16)20-11-9-13-31-20)22-15-23(36-28(29,30)35-22)27-19(8-4)17(6-2)25(34-27)21-12-10-14-32-21/h9-15,31-33H,5-8H2,1-4H3/q-1/p+1/b27-23+. The van der Waals surface area contributed by atoms with E-state index in [1.165, 1.54) is 0 Å². The highest BCUT2D eigenvalue weighted by atomic mass is 19.3. The summed E-state index contributed by atoms with van der Waals surface area (Å²) in [5.74, 6) is 0.170. The van der Waals surface area contributed by atoms with Gasteiger partial charge in [-0.1, -0.05) is 27.7 Å². The number of hydrogen-bond acceptors (Lipinski definition) is 2. The van der Waals surface area contributed by atoms with Crippen LogP contribution in [0.1, 0.15) is 63.1 Å². The third kappa shape index (κ3) is 4.02. The highest BCUT2D eigenvalue weighted by Gasteiger charge is 2.42. The number of aromatic nitrogens is 3. The second kappa shape index (κ2) is 9.37. The van der Waals surface area contributed by atoms with Crippen LogP contribution in [-0.2, 0) is 22.2 Å². The lowest BCUT2D eigenvalue weighted by atomic mass is 9.97. The van der Waals surface area contributed by atoms with Gasteiger partial charge in [-0.25, -0.2) is 0 Å². The van der Waals surface area contributed by atoms with Gasteiger partial charge < -0.3 is 32.9 Å². The van der Waals surface area contributed by atoms with E-state index < -0.39 is 7.11 Å². The smallest absolute Gasteiger partial charge is 0.626 e. The van der Waals surface area contributed by atoms with E-state index in [9.17, 15) is 8.63 Å². The zero-order valence-electron chi connectivity index (χ0n) is 21.0. The third-order valence-electron chi connectivity index (χ3n) is 6.87. The Morgan fingerprint density at radius 2 is 1.44 bits per heavy atom. The molecule has 0 aromatic carbocycles. The lowest BCUT2D eigenvalue weighted by Gasteiger charge is -2.34. The second-order valence-corrected chi connectivity index (χ2v) is 8.89. The summed E-state index contributed by atoms with van der Waals surface area (Å²) in [7, 11) is -4.57. The summed E-state index contributed by atoms with van der Waals surface area (Å²) in [5.41, 5.74) is 8.80. The van der Waals surface area contributed by atoms with E-state index in [1.54, 1.807) is 6.08 Å². The third-order valence-corrected chi connectivity index (χ3v) is 6.87. The van der Waals surface area contributed by atoms with Crippen molar-refractivity contribution in [1.29, 1.82) is 0 Å². The molecule has 0 spiro atoms. The minimum Gasteiger partial charge on any atom is -0.626 e. The number of hydrogen-bond donors (Lipinski definition) is 4. The van der Waals surface area contributed by atoms with Gasteiger partial charge in [0.2, 0.25) is 11.4 Å². The van der Waals surface area contributed by atoms with E-state index in [0.717, 1.165) is 57.9 Å². The topological polar surface area (TPSA) is 79.8 Å². The molecule has 5 heterocycles. The molecule has 2 aliphatic rings. The van der Waals surface area contributed by atoms with E-state index in [2.05, 4.69) is 33.8 Å². The van der Waals surface area contributed by atoms with Crippen molar-refractivity contribution in [3.63, 3.8) is 0 Å². The fourth-order valence-electron chi connectivity index (χ4n) is 5.34. The van der Waals surface area contributed by atoms with Crippen LogP contribution in [-0.4, -0.2) is 27.8 Å². The first-order chi connectivity index (χ1) is 17.4. The van der Waals surface area contributed by atoms with Crippen LogP contribution in [0.2, 0.25) is 0 Å². The van der Waals surface area contributed by atoms with Gasteiger partial charge in [0.05, 0.1) is 17.1 Å². The van der Waals surface area contributed by atoms with Crippen LogP contribution < -0.4 is 4.99 Å². The fraction of sp³-hybridized carbons (Fsp3) is 0.296. The van der Waals surface area contributed by atoms with Crippen molar-refractivity contribution in [2.45, 2.75) is 53.4 Å². The summed E-state index contributed by atoms with van der Waals surface area (Å²) in [6.07, 6.45) is 8.14. The van der Waals surface area contributed by atoms with Crippen molar-refractivity contribution in [3.05, 3.63) is 87.9 Å². The maximum absolute atomic E-state index is 15.0. The maximum Gasteiger partial charge on any atom is 0.726 e. The van der Waals surface area contributed by atoms with Crippen LogP contribution in [0.4, 0.5) is 8.63 Å². The van der Waals surface area contributed by atoms with Crippen LogP contribution in [0.5, 0.6) is 0 Å². The molecule has 3 aromatic rings. The number of H-pyrrole nitrogens is 3. The molecule has 0 radical (unpaired) electrons. The molecule has 5 rings (SSSR count). The minimum absolute atomic E-state index is 0.0849.